The highest BCUT2D eigenvalue weighted by Crippen LogP contribution is 2.09. The summed E-state index contributed by atoms with van der Waals surface area (Å²) in [6.45, 7) is 4.72. The van der Waals surface area contributed by atoms with Gasteiger partial charge in [0, 0.05) is 30.5 Å². The Morgan fingerprint density at radius 2 is 2.15 bits per heavy atom. The van der Waals surface area contributed by atoms with Crippen LogP contribution < -0.4 is 5.32 Å². The smallest absolute Gasteiger partial charge is 0.220 e. The summed E-state index contributed by atoms with van der Waals surface area (Å²) in [6.07, 6.45) is 2.15. The summed E-state index contributed by atoms with van der Waals surface area (Å²) in [4.78, 5) is 16.1. The molecule has 0 spiro atoms. The Balaban J connectivity index is 1.68. The van der Waals surface area contributed by atoms with Crippen molar-refractivity contribution in [1.29, 1.82) is 0 Å². The van der Waals surface area contributed by atoms with Crippen molar-refractivity contribution in [3.05, 3.63) is 51.5 Å². The van der Waals surface area contributed by atoms with Crippen LogP contribution in [-0.2, 0) is 17.6 Å². The number of carbonyl (C=O) groups is 1. The lowest BCUT2D eigenvalue weighted by atomic mass is 10.1. The highest BCUT2D eigenvalue weighted by atomic mass is 32.1. The highest BCUT2D eigenvalue weighted by Gasteiger charge is 2.03. The molecular formula is C16H20N2OS. The van der Waals surface area contributed by atoms with Crippen LogP contribution in [0.25, 0.3) is 0 Å². The van der Waals surface area contributed by atoms with Crippen molar-refractivity contribution < 1.29 is 4.79 Å². The number of hydrogen-bond acceptors (Lipinski definition) is 3. The van der Waals surface area contributed by atoms with Crippen molar-refractivity contribution in [2.24, 2.45) is 0 Å². The first kappa shape index (κ1) is 14.7. The predicted molar refractivity (Wildman–Crippen MR) is 83.1 cm³/mol. The van der Waals surface area contributed by atoms with E-state index in [0.29, 0.717) is 13.0 Å². The summed E-state index contributed by atoms with van der Waals surface area (Å²) >= 11 is 1.65. The van der Waals surface area contributed by atoms with Gasteiger partial charge in [-0.25, -0.2) is 4.98 Å². The molecule has 1 N–H and O–H groups in total. The number of nitrogens with one attached hydrogen (secondary N) is 1. The summed E-state index contributed by atoms with van der Waals surface area (Å²) in [5, 5.41) is 6.07. The first-order valence-corrected chi connectivity index (χ1v) is 7.75. The Labute approximate surface area is 124 Å². The first-order chi connectivity index (χ1) is 9.63. The Bertz CT molecular complexity index is 577. The number of aryl methyl sites for hydroxylation is 3. The van der Waals surface area contributed by atoms with E-state index in [1.807, 2.05) is 18.4 Å². The molecule has 0 radical (unpaired) electrons. The molecule has 1 heterocycles. The number of benzene rings is 1. The predicted octanol–water partition coefficient (Wildman–Crippen LogP) is 3.05. The van der Waals surface area contributed by atoms with Crippen LogP contribution in [0.5, 0.6) is 0 Å². The summed E-state index contributed by atoms with van der Waals surface area (Å²) in [6, 6.07) is 8.30. The van der Waals surface area contributed by atoms with Crippen molar-refractivity contribution in [3.8, 4) is 0 Å². The van der Waals surface area contributed by atoms with E-state index in [9.17, 15) is 4.79 Å². The van der Waals surface area contributed by atoms with Gasteiger partial charge in [0.25, 0.3) is 0 Å². The molecular weight excluding hydrogens is 268 g/mol. The van der Waals surface area contributed by atoms with Crippen molar-refractivity contribution in [3.63, 3.8) is 0 Å². The molecule has 0 bridgehead atoms. The molecule has 106 valence electrons. The Kier molecular flexibility index (Phi) is 5.30. The zero-order chi connectivity index (χ0) is 14.4. The molecule has 2 rings (SSSR count). The van der Waals surface area contributed by atoms with Crippen molar-refractivity contribution >= 4 is 17.2 Å². The van der Waals surface area contributed by atoms with Crippen LogP contribution in [0.15, 0.2) is 29.6 Å². The second-order valence-electron chi connectivity index (χ2n) is 4.97. The number of nitrogens with zero attached hydrogens (tertiary/aromatic N) is 1. The molecule has 0 fully saturated rings. The molecule has 0 unspecified atom stereocenters. The van der Waals surface area contributed by atoms with Gasteiger partial charge >= 0.3 is 0 Å². The fourth-order valence-corrected chi connectivity index (χ4v) is 2.82. The lowest BCUT2D eigenvalue weighted by molar-refractivity contribution is -0.121. The average Bonchev–Trinajstić information content (AvgIpc) is 2.82. The van der Waals surface area contributed by atoms with E-state index in [2.05, 4.69) is 35.4 Å². The monoisotopic (exact) mass is 288 g/mol. The third-order valence-electron chi connectivity index (χ3n) is 3.05. The summed E-state index contributed by atoms with van der Waals surface area (Å²) in [5.74, 6) is 0.111. The van der Waals surface area contributed by atoms with E-state index in [-0.39, 0.29) is 5.91 Å². The van der Waals surface area contributed by atoms with Crippen LogP contribution in [-0.4, -0.2) is 17.4 Å². The first-order valence-electron chi connectivity index (χ1n) is 6.87. The molecule has 0 aliphatic carbocycles. The number of carbonyl (C=O) groups excluding carboxylic acids is 1. The fraction of sp³-hybridized carbons (Fsp3) is 0.375. The second kappa shape index (κ2) is 7.20. The number of hydrogen-bond donors (Lipinski definition) is 1. The third kappa shape index (κ3) is 4.78. The maximum Gasteiger partial charge on any atom is 0.220 e. The normalized spacial score (nSPS) is 10.5. The quantitative estimate of drug-likeness (QED) is 0.887. The van der Waals surface area contributed by atoms with Crippen LogP contribution in [0.1, 0.15) is 28.2 Å². The zero-order valence-electron chi connectivity index (χ0n) is 12.0. The van der Waals surface area contributed by atoms with Gasteiger partial charge < -0.3 is 5.32 Å². The molecule has 4 heteroatoms. The molecule has 3 nitrogen and oxygen atoms in total. The van der Waals surface area contributed by atoms with E-state index in [1.54, 1.807) is 11.3 Å². The largest absolute Gasteiger partial charge is 0.356 e. The average molecular weight is 288 g/mol. The molecule has 0 saturated carbocycles. The second-order valence-corrected chi connectivity index (χ2v) is 5.91. The standard InChI is InChI=1S/C16H20N2OS/c1-12-4-3-5-14(10-12)6-7-15(19)17-9-8-16-18-13(2)11-20-16/h3-5,10-11H,6-9H2,1-2H3,(H,17,19). The fourth-order valence-electron chi connectivity index (χ4n) is 2.04. The third-order valence-corrected chi connectivity index (χ3v) is 4.08. The summed E-state index contributed by atoms with van der Waals surface area (Å²) in [7, 11) is 0. The van der Waals surface area contributed by atoms with Gasteiger partial charge in [-0.3, -0.25) is 4.79 Å². The minimum atomic E-state index is 0.111. The number of aromatic nitrogens is 1. The lowest BCUT2D eigenvalue weighted by Crippen LogP contribution is -2.25. The molecule has 0 atom stereocenters. The van der Waals surface area contributed by atoms with E-state index in [4.69, 9.17) is 0 Å². The van der Waals surface area contributed by atoms with Crippen LogP contribution in [0.4, 0.5) is 0 Å². The van der Waals surface area contributed by atoms with Crippen molar-refractivity contribution in [2.45, 2.75) is 33.1 Å². The summed E-state index contributed by atoms with van der Waals surface area (Å²) < 4.78 is 0. The Morgan fingerprint density at radius 1 is 1.30 bits per heavy atom. The topological polar surface area (TPSA) is 42.0 Å². The zero-order valence-corrected chi connectivity index (χ0v) is 12.8. The molecule has 1 amide bonds. The highest BCUT2D eigenvalue weighted by molar-refractivity contribution is 7.09. The van der Waals surface area contributed by atoms with E-state index in [1.165, 1.54) is 11.1 Å². The van der Waals surface area contributed by atoms with Crippen LogP contribution >= 0.6 is 11.3 Å². The Hall–Kier alpha value is -1.68. The minimum Gasteiger partial charge on any atom is -0.356 e. The van der Waals surface area contributed by atoms with Crippen LogP contribution in [0.3, 0.4) is 0 Å². The van der Waals surface area contributed by atoms with Gasteiger partial charge in [0.1, 0.15) is 0 Å². The molecule has 2 aromatic rings. The molecule has 1 aromatic heterocycles. The number of amides is 1. The van der Waals surface area contributed by atoms with Gasteiger partial charge in [0.2, 0.25) is 5.91 Å². The van der Waals surface area contributed by atoms with Gasteiger partial charge in [-0.2, -0.15) is 0 Å². The van der Waals surface area contributed by atoms with Crippen molar-refractivity contribution in [2.75, 3.05) is 6.54 Å². The lowest BCUT2D eigenvalue weighted by Gasteiger charge is -2.05. The minimum absolute atomic E-state index is 0.111. The molecule has 1 aromatic carbocycles. The number of rotatable bonds is 6. The van der Waals surface area contributed by atoms with Crippen LogP contribution in [0, 0.1) is 13.8 Å². The molecule has 0 saturated heterocycles. The van der Waals surface area contributed by atoms with Gasteiger partial charge in [0.15, 0.2) is 0 Å². The Morgan fingerprint density at radius 3 is 2.85 bits per heavy atom. The van der Waals surface area contributed by atoms with Gasteiger partial charge in [0.05, 0.1) is 5.01 Å². The molecule has 20 heavy (non-hydrogen) atoms. The summed E-state index contributed by atoms with van der Waals surface area (Å²) in [5.41, 5.74) is 3.51. The maximum atomic E-state index is 11.8. The van der Waals surface area contributed by atoms with Crippen LogP contribution in [0.2, 0.25) is 0 Å². The molecule has 0 aliphatic rings. The van der Waals surface area contributed by atoms with Gasteiger partial charge in [-0.1, -0.05) is 29.8 Å². The van der Waals surface area contributed by atoms with E-state index < -0.39 is 0 Å². The van der Waals surface area contributed by atoms with E-state index in [0.717, 1.165) is 23.5 Å². The molecule has 0 aliphatic heterocycles. The van der Waals surface area contributed by atoms with Gasteiger partial charge in [-0.15, -0.1) is 11.3 Å². The van der Waals surface area contributed by atoms with E-state index >= 15 is 0 Å². The van der Waals surface area contributed by atoms with Gasteiger partial charge in [-0.05, 0) is 25.8 Å². The maximum absolute atomic E-state index is 11.8. The SMILES string of the molecule is Cc1cccc(CCC(=O)NCCc2nc(C)cs2)c1. The van der Waals surface area contributed by atoms with Crippen molar-refractivity contribution in [1.82, 2.24) is 10.3 Å². The number of thiazole rings is 1.